The minimum absolute atomic E-state index is 0.0691. The van der Waals surface area contributed by atoms with Gasteiger partial charge in [0.05, 0.1) is 19.6 Å². The second kappa shape index (κ2) is 8.78. The van der Waals surface area contributed by atoms with Gasteiger partial charge in [-0.1, -0.05) is 41.6 Å². The standard InChI is InChI=1S/C26H23N3O4/c1-32-23-10-8-22(9-11-23)29-16-20(13-25(29)30)26(31)27-15-21-14-24(33-28-21)19-7-6-17-4-2-3-5-18(17)12-19/h2-12,14,20H,13,15-16H2,1H3,(H,27,31). The average molecular weight is 441 g/mol. The highest BCUT2D eigenvalue weighted by molar-refractivity contribution is 6.00. The van der Waals surface area contributed by atoms with Gasteiger partial charge >= 0.3 is 0 Å². The average Bonchev–Trinajstić information content (AvgIpc) is 3.49. The molecule has 1 fully saturated rings. The van der Waals surface area contributed by atoms with E-state index in [2.05, 4.69) is 28.7 Å². The van der Waals surface area contributed by atoms with Crippen LogP contribution in [0.1, 0.15) is 12.1 Å². The Bertz CT molecular complexity index is 1310. The van der Waals surface area contributed by atoms with Crippen molar-refractivity contribution in [1.29, 1.82) is 0 Å². The van der Waals surface area contributed by atoms with E-state index < -0.39 is 5.92 Å². The fourth-order valence-electron chi connectivity index (χ4n) is 4.09. The van der Waals surface area contributed by atoms with E-state index in [1.807, 2.05) is 42.5 Å². The van der Waals surface area contributed by atoms with Crippen LogP contribution in [0.4, 0.5) is 5.69 Å². The number of nitrogens with one attached hydrogen (secondary N) is 1. The van der Waals surface area contributed by atoms with Crippen LogP contribution in [-0.4, -0.2) is 30.6 Å². The fraction of sp³-hybridized carbons (Fsp3) is 0.192. The molecule has 4 aromatic rings. The number of aromatic nitrogens is 1. The molecule has 0 bridgehead atoms. The monoisotopic (exact) mass is 441 g/mol. The maximum Gasteiger partial charge on any atom is 0.227 e. The summed E-state index contributed by atoms with van der Waals surface area (Å²) in [5.41, 5.74) is 2.31. The molecule has 33 heavy (non-hydrogen) atoms. The van der Waals surface area contributed by atoms with Crippen LogP contribution in [0.3, 0.4) is 0 Å². The van der Waals surface area contributed by atoms with Gasteiger partial charge in [0.1, 0.15) is 11.4 Å². The van der Waals surface area contributed by atoms with Crippen molar-refractivity contribution in [3.05, 3.63) is 78.5 Å². The van der Waals surface area contributed by atoms with Gasteiger partial charge in [-0.3, -0.25) is 9.59 Å². The molecule has 1 atom stereocenters. The molecule has 1 saturated heterocycles. The lowest BCUT2D eigenvalue weighted by Gasteiger charge is -2.17. The first kappa shape index (κ1) is 20.8. The number of hydrogen-bond acceptors (Lipinski definition) is 5. The molecule has 0 saturated carbocycles. The number of carbonyl (C=O) groups excluding carboxylic acids is 2. The Labute approximate surface area is 190 Å². The van der Waals surface area contributed by atoms with E-state index in [4.69, 9.17) is 9.26 Å². The van der Waals surface area contributed by atoms with Gasteiger partial charge in [0, 0.05) is 30.3 Å². The smallest absolute Gasteiger partial charge is 0.227 e. The number of ether oxygens (including phenoxy) is 1. The normalized spacial score (nSPS) is 15.7. The Kier molecular flexibility index (Phi) is 5.52. The van der Waals surface area contributed by atoms with Crippen LogP contribution in [0.15, 0.2) is 77.3 Å². The van der Waals surface area contributed by atoms with Gasteiger partial charge in [0.2, 0.25) is 11.8 Å². The van der Waals surface area contributed by atoms with Gasteiger partial charge in [0.15, 0.2) is 5.76 Å². The van der Waals surface area contributed by atoms with E-state index in [1.54, 1.807) is 24.1 Å². The van der Waals surface area contributed by atoms with Crippen molar-refractivity contribution >= 4 is 28.3 Å². The Balaban J connectivity index is 1.20. The number of fused-ring (bicyclic) bond motifs is 1. The summed E-state index contributed by atoms with van der Waals surface area (Å²) in [6.07, 6.45) is 0.180. The quantitative estimate of drug-likeness (QED) is 0.485. The molecule has 2 amide bonds. The Morgan fingerprint density at radius 3 is 2.67 bits per heavy atom. The van der Waals surface area contributed by atoms with E-state index in [9.17, 15) is 9.59 Å². The van der Waals surface area contributed by atoms with E-state index >= 15 is 0 Å². The van der Waals surface area contributed by atoms with Crippen molar-refractivity contribution in [3.8, 4) is 17.1 Å². The predicted octanol–water partition coefficient (Wildman–Crippen LogP) is 4.17. The molecule has 1 N–H and O–H groups in total. The van der Waals surface area contributed by atoms with Gasteiger partial charge in [-0.15, -0.1) is 0 Å². The highest BCUT2D eigenvalue weighted by atomic mass is 16.5. The van der Waals surface area contributed by atoms with Crippen molar-refractivity contribution in [2.75, 3.05) is 18.6 Å². The SMILES string of the molecule is COc1ccc(N2CC(C(=O)NCc3cc(-c4ccc5ccccc5c4)on3)CC2=O)cc1. The minimum Gasteiger partial charge on any atom is -0.497 e. The molecular weight excluding hydrogens is 418 g/mol. The molecular formula is C26H23N3O4. The van der Waals surface area contributed by atoms with E-state index in [0.717, 1.165) is 27.8 Å². The molecule has 0 spiro atoms. The van der Waals surface area contributed by atoms with E-state index in [0.29, 0.717) is 18.0 Å². The first-order valence-corrected chi connectivity index (χ1v) is 10.8. The fourth-order valence-corrected chi connectivity index (χ4v) is 4.09. The van der Waals surface area contributed by atoms with Crippen LogP contribution >= 0.6 is 0 Å². The summed E-state index contributed by atoms with van der Waals surface area (Å²) in [6.45, 7) is 0.585. The Morgan fingerprint density at radius 1 is 1.09 bits per heavy atom. The van der Waals surface area contributed by atoms with Crippen LogP contribution in [0.5, 0.6) is 5.75 Å². The maximum atomic E-state index is 12.7. The number of amides is 2. The number of nitrogens with zero attached hydrogens (tertiary/aromatic N) is 2. The zero-order valence-corrected chi connectivity index (χ0v) is 18.2. The molecule has 7 heteroatoms. The first-order valence-electron chi connectivity index (χ1n) is 10.8. The molecule has 3 aromatic carbocycles. The summed E-state index contributed by atoms with van der Waals surface area (Å²) in [6, 6.07) is 23.3. The molecule has 0 aliphatic carbocycles. The predicted molar refractivity (Wildman–Crippen MR) is 125 cm³/mol. The summed E-state index contributed by atoms with van der Waals surface area (Å²) >= 11 is 0. The third-order valence-corrected chi connectivity index (χ3v) is 5.92. The zero-order chi connectivity index (χ0) is 22.8. The Morgan fingerprint density at radius 2 is 1.88 bits per heavy atom. The highest BCUT2D eigenvalue weighted by Gasteiger charge is 2.35. The summed E-state index contributed by atoms with van der Waals surface area (Å²) < 4.78 is 10.7. The molecule has 1 aromatic heterocycles. The second-order valence-corrected chi connectivity index (χ2v) is 8.07. The number of hydrogen-bond donors (Lipinski definition) is 1. The largest absolute Gasteiger partial charge is 0.497 e. The topological polar surface area (TPSA) is 84.7 Å². The first-order chi connectivity index (χ1) is 16.1. The Hall–Kier alpha value is -4.13. The van der Waals surface area contributed by atoms with Crippen LogP contribution in [-0.2, 0) is 16.1 Å². The lowest BCUT2D eigenvalue weighted by molar-refractivity contribution is -0.126. The molecule has 2 heterocycles. The van der Waals surface area contributed by atoms with Gasteiger partial charge in [-0.25, -0.2) is 0 Å². The van der Waals surface area contributed by atoms with Gasteiger partial charge in [-0.2, -0.15) is 0 Å². The molecule has 7 nitrogen and oxygen atoms in total. The molecule has 1 aliphatic rings. The van der Waals surface area contributed by atoms with Crippen LogP contribution in [0, 0.1) is 5.92 Å². The molecule has 166 valence electrons. The second-order valence-electron chi connectivity index (χ2n) is 8.07. The molecule has 1 aliphatic heterocycles. The number of anilines is 1. The lowest BCUT2D eigenvalue weighted by atomic mass is 10.1. The van der Waals surface area contributed by atoms with Crippen LogP contribution in [0.2, 0.25) is 0 Å². The summed E-state index contributed by atoms with van der Waals surface area (Å²) in [5.74, 6) is 0.712. The van der Waals surface area contributed by atoms with E-state index in [1.165, 1.54) is 0 Å². The third kappa shape index (κ3) is 4.30. The number of benzene rings is 3. The van der Waals surface area contributed by atoms with Crippen molar-refractivity contribution in [2.24, 2.45) is 5.92 Å². The molecule has 1 unspecified atom stereocenters. The van der Waals surface area contributed by atoms with Gasteiger partial charge in [0.25, 0.3) is 0 Å². The summed E-state index contributed by atoms with van der Waals surface area (Å²) in [7, 11) is 1.59. The van der Waals surface area contributed by atoms with Gasteiger partial charge < -0.3 is 19.5 Å². The van der Waals surface area contributed by atoms with Crippen LogP contribution < -0.4 is 15.0 Å². The van der Waals surface area contributed by atoms with E-state index in [-0.39, 0.29) is 24.8 Å². The maximum absolute atomic E-state index is 12.7. The molecule has 0 radical (unpaired) electrons. The number of carbonyl (C=O) groups is 2. The molecule has 5 rings (SSSR count). The summed E-state index contributed by atoms with van der Waals surface area (Å²) in [5, 5.41) is 9.25. The minimum atomic E-state index is -0.411. The van der Waals surface area contributed by atoms with Crippen molar-refractivity contribution in [3.63, 3.8) is 0 Å². The number of methoxy groups -OCH3 is 1. The zero-order valence-electron chi connectivity index (χ0n) is 18.2. The summed E-state index contributed by atoms with van der Waals surface area (Å²) in [4.78, 5) is 26.8. The van der Waals surface area contributed by atoms with Crippen molar-refractivity contribution in [2.45, 2.75) is 13.0 Å². The van der Waals surface area contributed by atoms with Crippen molar-refractivity contribution in [1.82, 2.24) is 10.5 Å². The number of rotatable bonds is 6. The highest BCUT2D eigenvalue weighted by Crippen LogP contribution is 2.28. The van der Waals surface area contributed by atoms with Gasteiger partial charge in [-0.05, 0) is 41.1 Å². The van der Waals surface area contributed by atoms with Crippen LogP contribution in [0.25, 0.3) is 22.1 Å². The third-order valence-electron chi connectivity index (χ3n) is 5.92. The lowest BCUT2D eigenvalue weighted by Crippen LogP contribution is -2.32. The van der Waals surface area contributed by atoms with Crippen molar-refractivity contribution < 1.29 is 18.8 Å².